The van der Waals surface area contributed by atoms with Crippen LogP contribution in [-0.2, 0) is 11.3 Å². The second kappa shape index (κ2) is 4.42. The molecular formula is C14H18N2O3. The molecule has 5 heteroatoms. The molecule has 0 saturated carbocycles. The van der Waals surface area contributed by atoms with Gasteiger partial charge in [0.1, 0.15) is 0 Å². The largest absolute Gasteiger partial charge is 0.454 e. The van der Waals surface area contributed by atoms with E-state index in [9.17, 15) is 4.79 Å². The lowest BCUT2D eigenvalue weighted by molar-refractivity contribution is -0.127. The molecule has 1 saturated heterocycles. The highest BCUT2D eigenvalue weighted by Gasteiger charge is 2.30. The lowest BCUT2D eigenvalue weighted by Crippen LogP contribution is -2.59. The van der Waals surface area contributed by atoms with E-state index in [1.165, 1.54) is 0 Å². The maximum Gasteiger partial charge on any atom is 0.234 e. The van der Waals surface area contributed by atoms with Gasteiger partial charge in [-0.15, -0.1) is 0 Å². The van der Waals surface area contributed by atoms with E-state index in [2.05, 4.69) is 10.2 Å². The van der Waals surface area contributed by atoms with Crippen LogP contribution in [0.5, 0.6) is 11.5 Å². The molecule has 0 atom stereocenters. The Balaban J connectivity index is 1.72. The number of carbonyl (C=O) groups is 1. The first-order chi connectivity index (χ1) is 9.02. The number of carbonyl (C=O) groups excluding carboxylic acids is 1. The maximum atomic E-state index is 11.7. The highest BCUT2D eigenvalue weighted by Crippen LogP contribution is 2.33. The molecule has 3 rings (SSSR count). The molecule has 1 amide bonds. The van der Waals surface area contributed by atoms with E-state index in [4.69, 9.17) is 9.47 Å². The Morgan fingerprint density at radius 2 is 2.11 bits per heavy atom. The molecule has 0 aliphatic carbocycles. The fraction of sp³-hybridized carbons (Fsp3) is 0.500. The average molecular weight is 262 g/mol. The third-order valence-electron chi connectivity index (χ3n) is 3.31. The number of nitrogens with zero attached hydrogens (tertiary/aromatic N) is 1. The van der Waals surface area contributed by atoms with E-state index in [1.54, 1.807) is 0 Å². The van der Waals surface area contributed by atoms with Crippen LogP contribution in [0.1, 0.15) is 19.4 Å². The van der Waals surface area contributed by atoms with Crippen molar-refractivity contribution in [3.05, 3.63) is 23.8 Å². The summed E-state index contributed by atoms with van der Waals surface area (Å²) in [4.78, 5) is 13.8. The van der Waals surface area contributed by atoms with Crippen LogP contribution in [0, 0.1) is 0 Å². The Bertz CT molecular complexity index is 513. The Morgan fingerprint density at radius 3 is 2.89 bits per heavy atom. The number of nitrogens with one attached hydrogen (secondary N) is 1. The molecule has 19 heavy (non-hydrogen) atoms. The highest BCUT2D eigenvalue weighted by atomic mass is 16.7. The van der Waals surface area contributed by atoms with Crippen LogP contribution in [0.15, 0.2) is 18.2 Å². The smallest absolute Gasteiger partial charge is 0.234 e. The van der Waals surface area contributed by atoms with Crippen molar-refractivity contribution in [2.24, 2.45) is 0 Å². The average Bonchev–Trinajstić information content (AvgIpc) is 2.73. The topological polar surface area (TPSA) is 50.8 Å². The minimum absolute atomic E-state index is 0.0805. The van der Waals surface area contributed by atoms with Gasteiger partial charge in [-0.25, -0.2) is 0 Å². The SMILES string of the molecule is CC1(C)CN(Cc2ccc3c(c2)OCO3)CC(=O)N1. The van der Waals surface area contributed by atoms with E-state index in [0.29, 0.717) is 6.54 Å². The minimum atomic E-state index is -0.175. The quantitative estimate of drug-likeness (QED) is 0.868. The van der Waals surface area contributed by atoms with E-state index in [0.717, 1.165) is 30.2 Å². The van der Waals surface area contributed by atoms with Crippen LogP contribution in [0.3, 0.4) is 0 Å². The monoisotopic (exact) mass is 262 g/mol. The van der Waals surface area contributed by atoms with E-state index in [1.807, 2.05) is 32.0 Å². The summed E-state index contributed by atoms with van der Waals surface area (Å²) in [5.41, 5.74) is 0.959. The zero-order valence-electron chi connectivity index (χ0n) is 11.2. The van der Waals surface area contributed by atoms with Gasteiger partial charge < -0.3 is 14.8 Å². The molecule has 0 bridgehead atoms. The lowest BCUT2D eigenvalue weighted by atomic mass is 10.0. The molecule has 1 fully saturated rings. The summed E-state index contributed by atoms with van der Waals surface area (Å²) < 4.78 is 10.7. The predicted molar refractivity (Wildman–Crippen MR) is 70.1 cm³/mol. The first-order valence-electron chi connectivity index (χ1n) is 6.44. The number of benzene rings is 1. The van der Waals surface area contributed by atoms with Gasteiger partial charge in [-0.05, 0) is 31.5 Å². The second-order valence-corrected chi connectivity index (χ2v) is 5.76. The molecule has 2 aliphatic heterocycles. The molecule has 1 aromatic carbocycles. The van der Waals surface area contributed by atoms with Crippen molar-refractivity contribution in [2.75, 3.05) is 19.9 Å². The third-order valence-corrected chi connectivity index (χ3v) is 3.31. The maximum absolute atomic E-state index is 11.7. The fourth-order valence-corrected chi connectivity index (χ4v) is 2.68. The number of hydrogen-bond acceptors (Lipinski definition) is 4. The molecule has 102 valence electrons. The van der Waals surface area contributed by atoms with Crippen LogP contribution < -0.4 is 14.8 Å². The molecule has 1 aromatic rings. The van der Waals surface area contributed by atoms with Crippen molar-refractivity contribution in [1.29, 1.82) is 0 Å². The molecule has 5 nitrogen and oxygen atoms in total. The summed E-state index contributed by atoms with van der Waals surface area (Å²) in [5, 5.41) is 2.99. The lowest BCUT2D eigenvalue weighted by Gasteiger charge is -2.38. The standard InChI is InChI=1S/C14H18N2O3/c1-14(2)8-16(7-13(17)15-14)6-10-3-4-11-12(5-10)19-9-18-11/h3-5H,6-9H2,1-2H3,(H,15,17). The highest BCUT2D eigenvalue weighted by molar-refractivity contribution is 5.79. The van der Waals surface area contributed by atoms with Gasteiger partial charge in [-0.2, -0.15) is 0 Å². The van der Waals surface area contributed by atoms with Crippen molar-refractivity contribution in [2.45, 2.75) is 25.9 Å². The first kappa shape index (κ1) is 12.3. The first-order valence-corrected chi connectivity index (χ1v) is 6.44. The van der Waals surface area contributed by atoms with Crippen molar-refractivity contribution in [3.8, 4) is 11.5 Å². The molecule has 1 N–H and O–H groups in total. The number of hydrogen-bond donors (Lipinski definition) is 1. The van der Waals surface area contributed by atoms with Gasteiger partial charge >= 0.3 is 0 Å². The zero-order valence-corrected chi connectivity index (χ0v) is 11.2. The third kappa shape index (κ3) is 2.66. The zero-order chi connectivity index (χ0) is 13.5. The van der Waals surface area contributed by atoms with Crippen LogP contribution in [0.25, 0.3) is 0 Å². The Kier molecular flexibility index (Phi) is 2.86. The summed E-state index contributed by atoms with van der Waals surface area (Å²) in [6.45, 7) is 6.39. The molecular weight excluding hydrogens is 244 g/mol. The molecule has 2 aliphatic rings. The van der Waals surface area contributed by atoms with Gasteiger partial charge in [0.15, 0.2) is 11.5 Å². The van der Waals surface area contributed by atoms with Gasteiger partial charge in [0.05, 0.1) is 6.54 Å². The van der Waals surface area contributed by atoms with E-state index >= 15 is 0 Å². The normalized spacial score (nSPS) is 21.3. The van der Waals surface area contributed by atoms with E-state index in [-0.39, 0.29) is 18.2 Å². The molecule has 0 aromatic heterocycles. The van der Waals surface area contributed by atoms with Crippen molar-refractivity contribution in [3.63, 3.8) is 0 Å². The van der Waals surface area contributed by atoms with Crippen LogP contribution in [0.2, 0.25) is 0 Å². The molecule has 0 spiro atoms. The van der Waals surface area contributed by atoms with E-state index < -0.39 is 0 Å². The molecule has 2 heterocycles. The van der Waals surface area contributed by atoms with Crippen molar-refractivity contribution >= 4 is 5.91 Å². The van der Waals surface area contributed by atoms with Gasteiger partial charge in [0.25, 0.3) is 0 Å². The Morgan fingerprint density at radius 1 is 1.32 bits per heavy atom. The molecule has 0 radical (unpaired) electrons. The minimum Gasteiger partial charge on any atom is -0.454 e. The number of rotatable bonds is 2. The fourth-order valence-electron chi connectivity index (χ4n) is 2.68. The predicted octanol–water partition coefficient (Wildman–Crippen LogP) is 1.13. The van der Waals surface area contributed by atoms with Crippen molar-refractivity contribution < 1.29 is 14.3 Å². The van der Waals surface area contributed by atoms with Gasteiger partial charge in [0.2, 0.25) is 12.7 Å². The number of ether oxygens (including phenoxy) is 2. The van der Waals surface area contributed by atoms with Gasteiger partial charge in [-0.1, -0.05) is 6.07 Å². The Hall–Kier alpha value is -1.75. The summed E-state index contributed by atoms with van der Waals surface area (Å²) in [5.74, 6) is 1.66. The van der Waals surface area contributed by atoms with Crippen molar-refractivity contribution in [1.82, 2.24) is 10.2 Å². The van der Waals surface area contributed by atoms with Crippen LogP contribution >= 0.6 is 0 Å². The Labute approximate surface area is 112 Å². The number of fused-ring (bicyclic) bond motifs is 1. The summed E-state index contributed by atoms with van der Waals surface area (Å²) in [7, 11) is 0. The summed E-state index contributed by atoms with van der Waals surface area (Å²) >= 11 is 0. The van der Waals surface area contributed by atoms with Gasteiger partial charge in [-0.3, -0.25) is 9.69 Å². The number of amides is 1. The second-order valence-electron chi connectivity index (χ2n) is 5.76. The summed E-state index contributed by atoms with van der Waals surface area (Å²) in [6.07, 6.45) is 0. The number of piperazine rings is 1. The molecule has 0 unspecified atom stereocenters. The van der Waals surface area contributed by atoms with Crippen LogP contribution in [-0.4, -0.2) is 36.2 Å². The van der Waals surface area contributed by atoms with Gasteiger partial charge in [0, 0.05) is 18.6 Å². The summed E-state index contributed by atoms with van der Waals surface area (Å²) in [6, 6.07) is 5.93. The van der Waals surface area contributed by atoms with Crippen LogP contribution in [0.4, 0.5) is 0 Å².